The summed E-state index contributed by atoms with van der Waals surface area (Å²) in [6.07, 6.45) is 0.291. The maximum atomic E-state index is 12.4. The van der Waals surface area contributed by atoms with E-state index in [1.54, 1.807) is 13.0 Å². The molecule has 0 fully saturated rings. The smallest absolute Gasteiger partial charge is 0.213 e. The Labute approximate surface area is 64.3 Å². The predicted octanol–water partition coefficient (Wildman–Crippen LogP) is 1.60. The highest BCUT2D eigenvalue weighted by Crippen LogP contribution is 2.05. The van der Waals surface area contributed by atoms with Gasteiger partial charge in [0.15, 0.2) is 0 Å². The van der Waals surface area contributed by atoms with E-state index in [1.807, 2.05) is 6.07 Å². The van der Waals surface area contributed by atoms with Gasteiger partial charge in [-0.25, -0.2) is 4.98 Å². The summed E-state index contributed by atoms with van der Waals surface area (Å²) in [5.41, 5.74) is 1.38. The van der Waals surface area contributed by atoms with Gasteiger partial charge < -0.3 is 0 Å². The van der Waals surface area contributed by atoms with Gasteiger partial charge in [-0.05, 0) is 18.6 Å². The topological polar surface area (TPSA) is 36.7 Å². The first-order chi connectivity index (χ1) is 5.24. The number of halogens is 1. The molecule has 0 amide bonds. The highest BCUT2D eigenvalue weighted by atomic mass is 19.1. The van der Waals surface area contributed by atoms with Crippen LogP contribution >= 0.6 is 0 Å². The van der Waals surface area contributed by atoms with Crippen molar-refractivity contribution < 1.29 is 4.39 Å². The second kappa shape index (κ2) is 3.11. The molecule has 3 heteroatoms. The van der Waals surface area contributed by atoms with Gasteiger partial charge >= 0.3 is 0 Å². The summed E-state index contributed by atoms with van der Waals surface area (Å²) in [4.78, 5) is 3.57. The molecule has 1 heterocycles. The van der Waals surface area contributed by atoms with Gasteiger partial charge in [-0.15, -0.1) is 0 Å². The van der Waals surface area contributed by atoms with Crippen molar-refractivity contribution in [3.05, 3.63) is 29.3 Å². The average molecular weight is 150 g/mol. The van der Waals surface area contributed by atoms with Crippen LogP contribution in [0.5, 0.6) is 0 Å². The van der Waals surface area contributed by atoms with Gasteiger partial charge in [0, 0.05) is 5.69 Å². The summed E-state index contributed by atoms with van der Waals surface area (Å²) in [5.74, 6) is -0.496. The number of aromatic nitrogens is 1. The lowest BCUT2D eigenvalue weighted by molar-refractivity contribution is 0.578. The van der Waals surface area contributed by atoms with Crippen molar-refractivity contribution in [1.29, 1.82) is 5.26 Å². The van der Waals surface area contributed by atoms with Crippen LogP contribution in [0.25, 0.3) is 0 Å². The Kier molecular flexibility index (Phi) is 2.17. The van der Waals surface area contributed by atoms with Crippen LogP contribution in [0.15, 0.2) is 12.1 Å². The summed E-state index contributed by atoms with van der Waals surface area (Å²) >= 11 is 0. The van der Waals surface area contributed by atoms with Gasteiger partial charge in [-0.2, -0.15) is 9.65 Å². The Hall–Kier alpha value is -1.43. The molecule has 11 heavy (non-hydrogen) atoms. The lowest BCUT2D eigenvalue weighted by Gasteiger charge is -1.97. The molecule has 0 bridgehead atoms. The van der Waals surface area contributed by atoms with Gasteiger partial charge in [-0.1, -0.05) is 6.07 Å². The van der Waals surface area contributed by atoms with Crippen molar-refractivity contribution in [3.8, 4) is 6.07 Å². The number of rotatable bonds is 1. The van der Waals surface area contributed by atoms with E-state index < -0.39 is 5.95 Å². The van der Waals surface area contributed by atoms with E-state index in [1.165, 1.54) is 6.07 Å². The molecule has 0 aliphatic carbocycles. The SMILES string of the molecule is Cc1nc(F)ccc1CC#N. The quantitative estimate of drug-likeness (QED) is 0.570. The zero-order chi connectivity index (χ0) is 8.27. The van der Waals surface area contributed by atoms with Crippen molar-refractivity contribution in [2.75, 3.05) is 0 Å². The molecular formula is C8H7FN2. The summed E-state index contributed by atoms with van der Waals surface area (Å²) in [7, 11) is 0. The minimum absolute atomic E-state index is 0.291. The van der Waals surface area contributed by atoms with Crippen LogP contribution in [0.3, 0.4) is 0 Å². The predicted molar refractivity (Wildman–Crippen MR) is 38.2 cm³/mol. The molecule has 0 aliphatic heterocycles. The molecule has 0 atom stereocenters. The molecule has 0 saturated carbocycles. The second-order valence-electron chi connectivity index (χ2n) is 2.21. The number of hydrogen-bond donors (Lipinski definition) is 0. The Morgan fingerprint density at radius 3 is 2.91 bits per heavy atom. The minimum Gasteiger partial charge on any atom is -0.225 e. The number of aryl methyl sites for hydroxylation is 1. The third-order valence-electron chi connectivity index (χ3n) is 1.43. The Morgan fingerprint density at radius 2 is 2.36 bits per heavy atom. The summed E-state index contributed by atoms with van der Waals surface area (Å²) in [6.45, 7) is 1.69. The molecule has 0 spiro atoms. The van der Waals surface area contributed by atoms with E-state index in [9.17, 15) is 4.39 Å². The maximum Gasteiger partial charge on any atom is 0.213 e. The molecule has 0 unspecified atom stereocenters. The monoisotopic (exact) mass is 150 g/mol. The fraction of sp³-hybridized carbons (Fsp3) is 0.250. The van der Waals surface area contributed by atoms with E-state index in [4.69, 9.17) is 5.26 Å². The molecule has 0 N–H and O–H groups in total. The van der Waals surface area contributed by atoms with E-state index >= 15 is 0 Å². The Bertz CT molecular complexity index is 301. The van der Waals surface area contributed by atoms with Crippen molar-refractivity contribution in [1.82, 2.24) is 4.98 Å². The molecule has 56 valence electrons. The average Bonchev–Trinajstić information content (AvgIpc) is 1.95. The number of hydrogen-bond acceptors (Lipinski definition) is 2. The molecule has 1 rings (SSSR count). The maximum absolute atomic E-state index is 12.4. The first-order valence-corrected chi connectivity index (χ1v) is 3.23. The normalized spacial score (nSPS) is 9.18. The van der Waals surface area contributed by atoms with E-state index in [0.717, 1.165) is 5.56 Å². The standard InChI is InChI=1S/C8H7FN2/c1-6-7(4-5-10)2-3-8(9)11-6/h2-3H,4H2,1H3. The highest BCUT2D eigenvalue weighted by molar-refractivity contribution is 5.21. The van der Waals surface area contributed by atoms with Crippen LogP contribution in [0.4, 0.5) is 4.39 Å². The molecule has 1 aromatic heterocycles. The second-order valence-corrected chi connectivity index (χ2v) is 2.21. The highest BCUT2D eigenvalue weighted by Gasteiger charge is 1.99. The van der Waals surface area contributed by atoms with E-state index in [0.29, 0.717) is 12.1 Å². The largest absolute Gasteiger partial charge is 0.225 e. The summed E-state index contributed by atoms with van der Waals surface area (Å²) < 4.78 is 12.4. The molecule has 0 aromatic carbocycles. The zero-order valence-corrected chi connectivity index (χ0v) is 6.13. The van der Waals surface area contributed by atoms with Crippen LogP contribution in [0.2, 0.25) is 0 Å². The van der Waals surface area contributed by atoms with Gasteiger partial charge in [-0.3, -0.25) is 0 Å². The van der Waals surface area contributed by atoms with E-state index in [-0.39, 0.29) is 0 Å². The zero-order valence-electron chi connectivity index (χ0n) is 6.13. The van der Waals surface area contributed by atoms with Crippen molar-refractivity contribution in [2.45, 2.75) is 13.3 Å². The molecule has 0 aliphatic rings. The van der Waals surface area contributed by atoms with Gasteiger partial charge in [0.25, 0.3) is 0 Å². The van der Waals surface area contributed by atoms with Crippen LogP contribution in [0.1, 0.15) is 11.3 Å². The Balaban J connectivity index is 3.01. The lowest BCUT2D eigenvalue weighted by Crippen LogP contribution is -1.93. The minimum atomic E-state index is -0.496. The van der Waals surface area contributed by atoms with Crippen LogP contribution in [-0.2, 0) is 6.42 Å². The number of pyridine rings is 1. The Morgan fingerprint density at radius 1 is 1.64 bits per heavy atom. The summed E-state index contributed by atoms with van der Waals surface area (Å²) in [6, 6.07) is 4.83. The molecule has 1 aromatic rings. The van der Waals surface area contributed by atoms with E-state index in [2.05, 4.69) is 4.98 Å². The van der Waals surface area contributed by atoms with Crippen LogP contribution in [0, 0.1) is 24.2 Å². The van der Waals surface area contributed by atoms with Crippen LogP contribution < -0.4 is 0 Å². The third-order valence-corrected chi connectivity index (χ3v) is 1.43. The van der Waals surface area contributed by atoms with Crippen molar-refractivity contribution >= 4 is 0 Å². The first-order valence-electron chi connectivity index (χ1n) is 3.23. The van der Waals surface area contributed by atoms with Crippen molar-refractivity contribution in [2.24, 2.45) is 0 Å². The summed E-state index contributed by atoms with van der Waals surface area (Å²) in [5, 5.41) is 8.34. The van der Waals surface area contributed by atoms with Crippen molar-refractivity contribution in [3.63, 3.8) is 0 Å². The molecule has 2 nitrogen and oxygen atoms in total. The fourth-order valence-corrected chi connectivity index (χ4v) is 0.831. The number of nitriles is 1. The van der Waals surface area contributed by atoms with Crippen LogP contribution in [-0.4, -0.2) is 4.98 Å². The molecular weight excluding hydrogens is 143 g/mol. The lowest BCUT2D eigenvalue weighted by atomic mass is 10.1. The van der Waals surface area contributed by atoms with Gasteiger partial charge in [0.05, 0.1) is 12.5 Å². The van der Waals surface area contributed by atoms with Gasteiger partial charge in [0.2, 0.25) is 5.95 Å². The number of nitrogens with zero attached hydrogens (tertiary/aromatic N) is 2. The van der Waals surface area contributed by atoms with Gasteiger partial charge in [0.1, 0.15) is 0 Å². The molecule has 0 saturated heterocycles. The molecule has 0 radical (unpaired) electrons. The first kappa shape index (κ1) is 7.67. The fourth-order valence-electron chi connectivity index (χ4n) is 0.831. The third kappa shape index (κ3) is 1.74.